The number of rotatable bonds is 25. The van der Waals surface area contributed by atoms with Crippen molar-refractivity contribution < 1.29 is 66.2 Å². The van der Waals surface area contributed by atoms with Gasteiger partial charge in [-0.1, -0.05) is 117 Å². The molecule has 0 spiro atoms. The number of Topliss-reactive ketones (excluding diaryl/α,β-unsaturated/α-hetero) is 1. The number of carbonyl (C=O) groups excluding carboxylic acids is 8. The summed E-state index contributed by atoms with van der Waals surface area (Å²) in [5.74, 6) is 2.27. The molecule has 20 nitrogen and oxygen atoms in total. The van der Waals surface area contributed by atoms with Gasteiger partial charge < -0.3 is 51.0 Å². The number of ether oxygens (including phenoxy) is 1. The number of carbonyl (C=O) groups is 8. The molecule has 0 aliphatic carbocycles. The molecule has 3 aliphatic heterocycles. The number of hydrogen-bond acceptors (Lipinski definition) is 10. The van der Waals surface area contributed by atoms with Crippen molar-refractivity contribution >= 4 is 65.8 Å². The number of H-pyrrole nitrogens is 1. The Morgan fingerprint density at radius 3 is 2.27 bits per heavy atom. The molecule has 438 valence electrons. The summed E-state index contributed by atoms with van der Waals surface area (Å²) in [6.45, 7) is 1.93. The van der Waals surface area contributed by atoms with Crippen molar-refractivity contribution in [2.24, 2.45) is 5.73 Å². The van der Waals surface area contributed by atoms with E-state index in [1.54, 1.807) is 12.1 Å². The van der Waals surface area contributed by atoms with Gasteiger partial charge in [0.2, 0.25) is 23.6 Å². The lowest BCUT2D eigenvalue weighted by atomic mass is 9.85. The molecule has 9 N–H and O–H groups in total. The monoisotopic (exact) mass is 1160 g/mol. The van der Waals surface area contributed by atoms with Crippen molar-refractivity contribution in [2.45, 2.75) is 132 Å². The number of imide groups is 1. The average molecular weight is 1160 g/mol. The molecule has 1 aromatic heterocycles. The van der Waals surface area contributed by atoms with Crippen LogP contribution >= 0.6 is 7.60 Å². The number of nitrogens with two attached hydrogens (primary N) is 1. The fourth-order valence-electron chi connectivity index (χ4n) is 10.8. The molecule has 0 radical (unpaired) electrons. The molecule has 2 fully saturated rings. The molecule has 8 rings (SSSR count). The first-order valence-corrected chi connectivity index (χ1v) is 29.4. The smallest absolute Gasteiger partial charge is 0.376 e. The number of ketones is 1. The minimum atomic E-state index is -5.90. The van der Waals surface area contributed by atoms with Crippen LogP contribution in [0.5, 0.6) is 0 Å². The second-order valence-corrected chi connectivity index (χ2v) is 22.7. The van der Waals surface area contributed by atoms with Crippen LogP contribution in [0.1, 0.15) is 139 Å². The summed E-state index contributed by atoms with van der Waals surface area (Å²) in [6.07, 6.45) is 4.37. The van der Waals surface area contributed by atoms with Gasteiger partial charge in [-0.25, -0.2) is 4.79 Å². The molecular formula is C60H67F2N8O12P. The van der Waals surface area contributed by atoms with E-state index < -0.39 is 90.5 Å². The van der Waals surface area contributed by atoms with Gasteiger partial charge in [0.25, 0.3) is 11.8 Å². The number of piperidine rings is 1. The number of nitrogens with zero attached hydrogens (tertiary/aromatic N) is 2. The number of hydrogen-bond donors (Lipinski definition) is 8. The van der Waals surface area contributed by atoms with E-state index in [-0.39, 0.29) is 86.8 Å². The second kappa shape index (κ2) is 27.3. The third kappa shape index (κ3) is 14.9. The highest BCUT2D eigenvalue weighted by Crippen LogP contribution is 2.59. The zero-order valence-corrected chi connectivity index (χ0v) is 46.6. The van der Waals surface area contributed by atoms with Gasteiger partial charge in [-0.15, -0.1) is 0 Å². The number of alkyl halides is 2. The minimum absolute atomic E-state index is 0.00604. The molecule has 83 heavy (non-hydrogen) atoms. The van der Waals surface area contributed by atoms with Gasteiger partial charge in [0, 0.05) is 85.4 Å². The van der Waals surface area contributed by atoms with Gasteiger partial charge in [-0.3, -0.25) is 43.4 Å². The maximum Gasteiger partial charge on any atom is 0.399 e. The molecule has 0 saturated carbocycles. The van der Waals surface area contributed by atoms with Crippen LogP contribution in [0.25, 0.3) is 10.9 Å². The van der Waals surface area contributed by atoms with Gasteiger partial charge in [0.05, 0.1) is 6.10 Å². The van der Waals surface area contributed by atoms with Crippen LogP contribution in [-0.4, -0.2) is 122 Å². The number of benzene rings is 4. The van der Waals surface area contributed by atoms with E-state index in [9.17, 15) is 61.5 Å². The molecule has 8 amide bonds. The summed E-state index contributed by atoms with van der Waals surface area (Å²) < 4.78 is 47.3. The maximum atomic E-state index is 14.9. The summed E-state index contributed by atoms with van der Waals surface area (Å²) in [7, 11) is -5.90. The van der Waals surface area contributed by atoms with Crippen LogP contribution in [-0.2, 0) is 45.5 Å². The normalized spacial score (nSPS) is 17.8. The quantitative estimate of drug-likeness (QED) is 0.0137. The van der Waals surface area contributed by atoms with Crippen LogP contribution in [0.2, 0.25) is 0 Å². The van der Waals surface area contributed by atoms with Crippen LogP contribution in [0.4, 0.5) is 13.6 Å². The SMILES string of the molecule is CCCC[C@H](NC(=O)c1cc2cc(C(F)(F)P(=O)(O)O)ccc2[nH]1)C(=O)N1C[C@H](OCCCCCCC#Cc2cccc3c2CN(C2CCC(=O)NC2=O)C3=O)C[C@H]1C(=O)N[C@@H](CNC(N)=O)C(=O)CC(c1ccccc1)c1ccccc1. The first-order chi connectivity index (χ1) is 39.7. The van der Waals surface area contributed by atoms with Gasteiger partial charge >= 0.3 is 19.3 Å². The first-order valence-electron chi connectivity index (χ1n) is 27.7. The van der Waals surface area contributed by atoms with Crippen LogP contribution in [0.15, 0.2) is 103 Å². The summed E-state index contributed by atoms with van der Waals surface area (Å²) >= 11 is 0. The van der Waals surface area contributed by atoms with Gasteiger partial charge in [-0.05, 0) is 72.7 Å². The Balaban J connectivity index is 0.941. The summed E-state index contributed by atoms with van der Waals surface area (Å²) in [4.78, 5) is 132. The Morgan fingerprint density at radius 2 is 1.59 bits per heavy atom. The number of aromatic nitrogens is 1. The number of primary amides is 1. The number of urea groups is 1. The molecule has 1 unspecified atom stereocenters. The van der Waals surface area contributed by atoms with Crippen molar-refractivity contribution in [2.75, 3.05) is 19.7 Å². The molecule has 23 heteroatoms. The van der Waals surface area contributed by atoms with Crippen molar-refractivity contribution in [1.29, 1.82) is 0 Å². The zero-order chi connectivity index (χ0) is 59.4. The predicted octanol–water partition coefficient (Wildman–Crippen LogP) is 6.38. The third-order valence-electron chi connectivity index (χ3n) is 15.2. The molecule has 4 aromatic carbocycles. The average Bonchev–Trinajstić information content (AvgIpc) is 4.37. The van der Waals surface area contributed by atoms with E-state index >= 15 is 0 Å². The van der Waals surface area contributed by atoms with Gasteiger partial charge in [0.15, 0.2) is 5.78 Å². The van der Waals surface area contributed by atoms with Crippen molar-refractivity contribution in [3.8, 4) is 11.8 Å². The Hall–Kier alpha value is -8.09. The number of likely N-dealkylation sites (tertiary alicyclic amines) is 1. The molecule has 0 bridgehead atoms. The van der Waals surface area contributed by atoms with Crippen molar-refractivity contribution in [3.05, 3.63) is 142 Å². The number of amides is 8. The lowest BCUT2D eigenvalue weighted by Gasteiger charge is -2.30. The molecule has 4 heterocycles. The van der Waals surface area contributed by atoms with Crippen molar-refractivity contribution in [1.82, 2.24) is 36.1 Å². The number of fused-ring (bicyclic) bond motifs is 2. The maximum absolute atomic E-state index is 14.9. The second-order valence-electron chi connectivity index (χ2n) is 21.0. The van der Waals surface area contributed by atoms with E-state index in [4.69, 9.17) is 10.5 Å². The number of aromatic amines is 1. The highest BCUT2D eigenvalue weighted by atomic mass is 31.2. The number of nitrogens with one attached hydrogen (secondary N) is 5. The fraction of sp³-hybridized carbons (Fsp3) is 0.400. The Labute approximate surface area is 478 Å². The minimum Gasteiger partial charge on any atom is -0.376 e. The molecule has 3 aliphatic rings. The standard InChI is InChI=1S/C60H67F2N8O12P/c1-2-3-24-47(66-54(73)48-31-40-30-41(25-26-46(40)65-48)60(61,62)83(79,80)81)58(77)69-35-42(32-51(69)56(75)67-49(34-64-59(63)78)52(71)33-44(37-17-11-8-12-18-37)38-19-13-9-14-20-38)82-29-15-7-5-4-6-10-21-39-22-16-23-43-45(39)36-70(57(43)76)50-27-28-53(72)68-55(50)74/h8-9,11-14,16-20,22-23,25-26,30-31,42,44,47,49-51,65H,2-7,15,24,27-29,32-36H2,1H3,(H,66,73)(H,67,75)(H3,63,64,78)(H,68,72,74)(H2,79,80,81)/t42-,47+,49+,50?,51+/m1/s1. The van der Waals surface area contributed by atoms with Gasteiger partial charge in [-0.2, -0.15) is 8.78 Å². The van der Waals surface area contributed by atoms with Crippen molar-refractivity contribution in [3.63, 3.8) is 0 Å². The zero-order valence-electron chi connectivity index (χ0n) is 45.7. The molecule has 5 aromatic rings. The predicted molar refractivity (Wildman–Crippen MR) is 301 cm³/mol. The van der Waals surface area contributed by atoms with Crippen LogP contribution in [0.3, 0.4) is 0 Å². The van der Waals surface area contributed by atoms with Gasteiger partial charge in [0.1, 0.15) is 29.9 Å². The Kier molecular flexibility index (Phi) is 20.1. The summed E-state index contributed by atoms with van der Waals surface area (Å²) in [5.41, 5.74) is 3.67. The highest BCUT2D eigenvalue weighted by Gasteiger charge is 2.50. The Bertz CT molecular complexity index is 3310. The van der Waals surface area contributed by atoms with Crippen LogP contribution in [0, 0.1) is 11.8 Å². The lowest BCUT2D eigenvalue weighted by Crippen LogP contribution is -2.57. The number of halogens is 2. The van der Waals surface area contributed by atoms with Crippen LogP contribution < -0.4 is 27.0 Å². The van der Waals surface area contributed by atoms with E-state index in [0.717, 1.165) is 54.2 Å². The summed E-state index contributed by atoms with van der Waals surface area (Å²) in [6, 6.07) is 22.6. The largest absolute Gasteiger partial charge is 0.399 e. The number of unbranched alkanes of at least 4 members (excludes halogenated alkanes) is 5. The van der Waals surface area contributed by atoms with E-state index in [1.165, 1.54) is 15.9 Å². The fourth-order valence-corrected chi connectivity index (χ4v) is 11.2. The van der Waals surface area contributed by atoms with E-state index in [2.05, 4.69) is 38.1 Å². The molecular weight excluding hydrogens is 1090 g/mol. The molecule has 5 atom stereocenters. The van der Waals surface area contributed by atoms with E-state index in [0.29, 0.717) is 36.8 Å². The Morgan fingerprint density at radius 1 is 0.880 bits per heavy atom. The summed E-state index contributed by atoms with van der Waals surface area (Å²) in [5, 5.41) is 10.4. The third-order valence-corrected chi connectivity index (χ3v) is 16.2. The lowest BCUT2D eigenvalue weighted by molar-refractivity contribution is -0.141. The first kappa shape index (κ1) is 61.0. The van der Waals surface area contributed by atoms with E-state index in [1.807, 2.05) is 73.7 Å². The topological polar surface area (TPSA) is 300 Å². The molecule has 2 saturated heterocycles. The highest BCUT2D eigenvalue weighted by molar-refractivity contribution is 7.52.